The minimum absolute atomic E-state index is 0.0508. The van der Waals surface area contributed by atoms with Crippen molar-refractivity contribution < 1.29 is 9.53 Å². The highest BCUT2D eigenvalue weighted by Crippen LogP contribution is 2.27. The van der Waals surface area contributed by atoms with Crippen molar-refractivity contribution >= 4 is 37.8 Å². The molecule has 1 aromatic rings. The van der Waals surface area contributed by atoms with Gasteiger partial charge in [-0.05, 0) is 40.5 Å². The summed E-state index contributed by atoms with van der Waals surface area (Å²) in [4.78, 5) is 11.6. The molecule has 0 aromatic heterocycles. The summed E-state index contributed by atoms with van der Waals surface area (Å²) >= 11 is 6.77. The molecule has 0 radical (unpaired) electrons. The second-order valence-corrected chi connectivity index (χ2v) is 6.40. The van der Waals surface area contributed by atoms with E-state index in [1.54, 1.807) is 0 Å². The molecule has 1 rings (SSSR count). The summed E-state index contributed by atoms with van der Waals surface area (Å²) in [6.07, 6.45) is 5.96. The van der Waals surface area contributed by atoms with Crippen molar-refractivity contribution in [3.05, 3.63) is 27.1 Å². The van der Waals surface area contributed by atoms with E-state index in [0.717, 1.165) is 21.9 Å². The van der Waals surface area contributed by atoms with Crippen LogP contribution >= 0.6 is 31.9 Å². The van der Waals surface area contributed by atoms with Gasteiger partial charge in [-0.25, -0.2) is 0 Å². The van der Waals surface area contributed by atoms with Crippen LogP contribution in [0.25, 0.3) is 0 Å². The first-order chi connectivity index (χ1) is 9.63. The van der Waals surface area contributed by atoms with Crippen LogP contribution in [0.3, 0.4) is 0 Å². The van der Waals surface area contributed by atoms with E-state index in [4.69, 9.17) is 4.74 Å². The molecule has 112 valence electrons. The summed E-state index contributed by atoms with van der Waals surface area (Å²) in [5, 5.41) is 2.87. The second-order valence-electron chi connectivity index (χ2n) is 4.63. The summed E-state index contributed by atoms with van der Waals surface area (Å²) < 4.78 is 7.27. The number of hydrogen-bond acceptors (Lipinski definition) is 2. The maximum Gasteiger partial charge on any atom is 0.257 e. The van der Waals surface area contributed by atoms with Gasteiger partial charge in [0.2, 0.25) is 0 Å². The summed E-state index contributed by atoms with van der Waals surface area (Å²) in [5.74, 6) is 0.599. The minimum atomic E-state index is -0.0738. The molecule has 20 heavy (non-hydrogen) atoms. The Labute approximate surface area is 137 Å². The Morgan fingerprint density at radius 3 is 2.65 bits per heavy atom. The van der Waals surface area contributed by atoms with Crippen LogP contribution in [0.5, 0.6) is 5.75 Å². The SMILES string of the molecule is CCCCCCCNC(=O)COc1ccc(Br)cc1Br. The van der Waals surface area contributed by atoms with Gasteiger partial charge in [0.25, 0.3) is 5.91 Å². The standard InChI is InChI=1S/C15H21Br2NO2/c1-2-3-4-5-6-9-18-15(19)11-20-14-8-7-12(16)10-13(14)17/h7-8,10H,2-6,9,11H2,1H3,(H,18,19). The van der Waals surface area contributed by atoms with Crippen molar-refractivity contribution in [2.75, 3.05) is 13.2 Å². The minimum Gasteiger partial charge on any atom is -0.483 e. The fourth-order valence-electron chi connectivity index (χ4n) is 1.74. The molecule has 3 nitrogen and oxygen atoms in total. The predicted molar refractivity (Wildman–Crippen MR) is 89.1 cm³/mol. The first kappa shape index (κ1) is 17.5. The van der Waals surface area contributed by atoms with Crippen LogP contribution in [0.15, 0.2) is 27.1 Å². The molecule has 1 N–H and O–H groups in total. The monoisotopic (exact) mass is 405 g/mol. The average molecular weight is 407 g/mol. The van der Waals surface area contributed by atoms with Crippen molar-refractivity contribution in [2.24, 2.45) is 0 Å². The Bertz CT molecular complexity index is 424. The Balaban J connectivity index is 2.16. The van der Waals surface area contributed by atoms with Crippen molar-refractivity contribution in [3.8, 4) is 5.75 Å². The number of carbonyl (C=O) groups is 1. The van der Waals surface area contributed by atoms with Crippen LogP contribution in [0.1, 0.15) is 39.0 Å². The van der Waals surface area contributed by atoms with Gasteiger partial charge in [-0.2, -0.15) is 0 Å². The third kappa shape index (κ3) is 7.29. The van der Waals surface area contributed by atoms with Crippen molar-refractivity contribution in [3.63, 3.8) is 0 Å². The lowest BCUT2D eigenvalue weighted by Crippen LogP contribution is -2.29. The highest BCUT2D eigenvalue weighted by molar-refractivity contribution is 9.11. The van der Waals surface area contributed by atoms with E-state index in [9.17, 15) is 4.79 Å². The lowest BCUT2D eigenvalue weighted by molar-refractivity contribution is -0.123. The molecule has 0 saturated heterocycles. The number of hydrogen-bond donors (Lipinski definition) is 1. The Kier molecular flexibility index (Phi) is 8.94. The maximum absolute atomic E-state index is 11.6. The molecule has 1 aromatic carbocycles. The van der Waals surface area contributed by atoms with Crippen molar-refractivity contribution in [1.29, 1.82) is 0 Å². The summed E-state index contributed by atoms with van der Waals surface area (Å²) in [6, 6.07) is 5.60. The molecule has 0 saturated carbocycles. The molecule has 0 spiro atoms. The number of unbranched alkanes of at least 4 members (excludes halogenated alkanes) is 4. The number of benzene rings is 1. The van der Waals surface area contributed by atoms with Crippen LogP contribution in [0.2, 0.25) is 0 Å². The van der Waals surface area contributed by atoms with Gasteiger partial charge in [0.1, 0.15) is 5.75 Å². The third-order valence-electron chi connectivity index (χ3n) is 2.86. The maximum atomic E-state index is 11.6. The molecule has 0 aliphatic carbocycles. The topological polar surface area (TPSA) is 38.3 Å². The molecular formula is C15H21Br2NO2. The van der Waals surface area contributed by atoms with Gasteiger partial charge in [0.15, 0.2) is 6.61 Å². The molecule has 0 heterocycles. The van der Waals surface area contributed by atoms with E-state index < -0.39 is 0 Å². The molecular weight excluding hydrogens is 386 g/mol. The fraction of sp³-hybridized carbons (Fsp3) is 0.533. The second kappa shape index (κ2) is 10.2. The molecule has 1 amide bonds. The zero-order valence-electron chi connectivity index (χ0n) is 11.8. The van der Waals surface area contributed by atoms with Gasteiger partial charge >= 0.3 is 0 Å². The predicted octanol–water partition coefficient (Wildman–Crippen LogP) is 4.68. The van der Waals surface area contributed by atoms with E-state index in [2.05, 4.69) is 44.1 Å². The smallest absolute Gasteiger partial charge is 0.257 e. The zero-order valence-corrected chi connectivity index (χ0v) is 14.9. The first-order valence-corrected chi connectivity index (χ1v) is 8.56. The van der Waals surface area contributed by atoms with Crippen LogP contribution in [-0.2, 0) is 4.79 Å². The highest BCUT2D eigenvalue weighted by Gasteiger charge is 2.05. The number of halogens is 2. The van der Waals surface area contributed by atoms with E-state index in [1.165, 1.54) is 25.7 Å². The molecule has 5 heteroatoms. The molecule has 0 unspecified atom stereocenters. The molecule has 0 atom stereocenters. The quantitative estimate of drug-likeness (QED) is 0.604. The molecule has 0 bridgehead atoms. The molecule has 0 aliphatic rings. The zero-order chi connectivity index (χ0) is 14.8. The Morgan fingerprint density at radius 1 is 1.20 bits per heavy atom. The number of nitrogens with one attached hydrogen (secondary N) is 1. The van der Waals surface area contributed by atoms with Gasteiger partial charge in [-0.3, -0.25) is 4.79 Å². The van der Waals surface area contributed by atoms with E-state index in [-0.39, 0.29) is 12.5 Å². The van der Waals surface area contributed by atoms with Gasteiger partial charge in [0, 0.05) is 11.0 Å². The van der Waals surface area contributed by atoms with Crippen LogP contribution in [0, 0.1) is 0 Å². The van der Waals surface area contributed by atoms with Crippen LogP contribution < -0.4 is 10.1 Å². The highest BCUT2D eigenvalue weighted by atomic mass is 79.9. The van der Waals surface area contributed by atoms with E-state index in [1.807, 2.05) is 18.2 Å². The molecule has 0 aliphatic heterocycles. The first-order valence-electron chi connectivity index (χ1n) is 6.98. The normalized spacial score (nSPS) is 10.3. The van der Waals surface area contributed by atoms with Crippen LogP contribution in [0.4, 0.5) is 0 Å². The van der Waals surface area contributed by atoms with Gasteiger partial charge < -0.3 is 10.1 Å². The summed E-state index contributed by atoms with van der Waals surface area (Å²) in [5.41, 5.74) is 0. The van der Waals surface area contributed by atoms with Crippen molar-refractivity contribution in [2.45, 2.75) is 39.0 Å². The number of rotatable bonds is 9. The van der Waals surface area contributed by atoms with Gasteiger partial charge in [-0.15, -0.1) is 0 Å². The number of carbonyl (C=O) groups excluding carboxylic acids is 1. The van der Waals surface area contributed by atoms with E-state index in [0.29, 0.717) is 5.75 Å². The van der Waals surface area contributed by atoms with Gasteiger partial charge in [-0.1, -0.05) is 48.5 Å². The van der Waals surface area contributed by atoms with Gasteiger partial charge in [0.05, 0.1) is 4.47 Å². The summed E-state index contributed by atoms with van der Waals surface area (Å²) in [7, 11) is 0. The molecule has 0 fully saturated rings. The lowest BCUT2D eigenvalue weighted by Gasteiger charge is -2.09. The van der Waals surface area contributed by atoms with Crippen molar-refractivity contribution in [1.82, 2.24) is 5.32 Å². The Morgan fingerprint density at radius 2 is 1.95 bits per heavy atom. The third-order valence-corrected chi connectivity index (χ3v) is 3.97. The Hall–Kier alpha value is -0.550. The number of ether oxygens (including phenoxy) is 1. The average Bonchev–Trinajstić information content (AvgIpc) is 2.41. The lowest BCUT2D eigenvalue weighted by atomic mass is 10.1. The van der Waals surface area contributed by atoms with E-state index >= 15 is 0 Å². The largest absolute Gasteiger partial charge is 0.483 e. The summed E-state index contributed by atoms with van der Waals surface area (Å²) in [6.45, 7) is 2.97. The fourth-order valence-corrected chi connectivity index (χ4v) is 2.90. The van der Waals surface area contributed by atoms with Crippen LogP contribution in [-0.4, -0.2) is 19.1 Å². The number of amides is 1.